The predicted octanol–water partition coefficient (Wildman–Crippen LogP) is 4.18. The van der Waals surface area contributed by atoms with Crippen LogP contribution in [0.2, 0.25) is 0 Å². The van der Waals surface area contributed by atoms with Crippen molar-refractivity contribution in [2.45, 2.75) is 38.7 Å². The van der Waals surface area contributed by atoms with E-state index in [1.54, 1.807) is 25.1 Å². The maximum Gasteiger partial charge on any atom is 0.258 e. The molecule has 1 atom stereocenters. The van der Waals surface area contributed by atoms with E-state index in [4.69, 9.17) is 9.47 Å². The molecule has 1 N–H and O–H groups in total. The van der Waals surface area contributed by atoms with E-state index in [1.807, 2.05) is 24.3 Å². The second kappa shape index (κ2) is 8.53. The number of carbonyl (C=O) groups is 1. The van der Waals surface area contributed by atoms with Gasteiger partial charge < -0.3 is 14.8 Å². The highest BCUT2D eigenvalue weighted by molar-refractivity contribution is 5.77. The molecule has 146 valence electrons. The first-order valence-electron chi connectivity index (χ1n) is 8.96. The third-order valence-electron chi connectivity index (χ3n) is 4.61. The van der Waals surface area contributed by atoms with E-state index in [-0.39, 0.29) is 30.3 Å². The maximum atomic E-state index is 14.1. The number of carbonyl (C=O) groups excluding carboxylic acids is 1. The van der Waals surface area contributed by atoms with E-state index >= 15 is 0 Å². The number of rotatable bonds is 7. The Labute approximate surface area is 160 Å². The number of methoxy groups -OCH3 is 1. The van der Waals surface area contributed by atoms with E-state index in [1.165, 1.54) is 18.7 Å². The summed E-state index contributed by atoms with van der Waals surface area (Å²) in [6.45, 7) is 8.16. The zero-order valence-corrected chi connectivity index (χ0v) is 16.6. The zero-order chi connectivity index (χ0) is 20.1. The third kappa shape index (κ3) is 5.54. The molecule has 0 spiro atoms. The lowest BCUT2D eigenvalue weighted by atomic mass is 9.87. The molecular weight excluding hydrogens is 345 g/mol. The van der Waals surface area contributed by atoms with Crippen molar-refractivity contribution >= 4 is 5.91 Å². The Balaban J connectivity index is 1.91. The molecule has 0 aliphatic rings. The molecule has 0 aliphatic carbocycles. The average molecular weight is 373 g/mol. The van der Waals surface area contributed by atoms with Gasteiger partial charge in [-0.1, -0.05) is 51.1 Å². The highest BCUT2D eigenvalue weighted by Crippen LogP contribution is 2.26. The fraction of sp³-hybridized carbons (Fsp3) is 0.409. The quantitative estimate of drug-likeness (QED) is 0.792. The molecule has 4 nitrogen and oxygen atoms in total. The summed E-state index contributed by atoms with van der Waals surface area (Å²) in [5.74, 6) is -0.0393. The van der Waals surface area contributed by atoms with Gasteiger partial charge in [0.1, 0.15) is 17.2 Å². The molecule has 0 saturated heterocycles. The molecule has 5 heteroatoms. The fourth-order valence-corrected chi connectivity index (χ4v) is 2.69. The van der Waals surface area contributed by atoms with Gasteiger partial charge in [-0.25, -0.2) is 4.39 Å². The molecule has 0 radical (unpaired) electrons. The first-order valence-corrected chi connectivity index (χ1v) is 8.96. The van der Waals surface area contributed by atoms with Crippen molar-refractivity contribution in [2.75, 3.05) is 20.3 Å². The Hall–Kier alpha value is -2.40. The first-order chi connectivity index (χ1) is 12.7. The second-order valence-electron chi connectivity index (χ2n) is 7.75. The molecule has 0 heterocycles. The average Bonchev–Trinajstić information content (AvgIpc) is 2.64. The normalized spacial score (nSPS) is 13.7. The number of halogens is 1. The van der Waals surface area contributed by atoms with Crippen molar-refractivity contribution in [2.24, 2.45) is 0 Å². The van der Waals surface area contributed by atoms with Gasteiger partial charge in [0.05, 0.1) is 6.54 Å². The van der Waals surface area contributed by atoms with Crippen molar-refractivity contribution in [3.8, 4) is 5.75 Å². The highest BCUT2D eigenvalue weighted by atomic mass is 19.1. The maximum absolute atomic E-state index is 14.1. The molecular formula is C22H28FNO3. The lowest BCUT2D eigenvalue weighted by Gasteiger charge is -2.29. The SMILES string of the molecule is COC(C)(CNC(=O)COc1ccc(C(C)(C)C)cc1)c1ccccc1F. The van der Waals surface area contributed by atoms with E-state index < -0.39 is 5.60 Å². The Morgan fingerprint density at radius 3 is 2.22 bits per heavy atom. The predicted molar refractivity (Wildman–Crippen MR) is 104 cm³/mol. The second-order valence-corrected chi connectivity index (χ2v) is 7.75. The van der Waals surface area contributed by atoms with Crippen molar-refractivity contribution in [3.63, 3.8) is 0 Å². The van der Waals surface area contributed by atoms with E-state index in [2.05, 4.69) is 26.1 Å². The van der Waals surface area contributed by atoms with Crippen molar-refractivity contribution in [1.82, 2.24) is 5.32 Å². The van der Waals surface area contributed by atoms with Gasteiger partial charge in [-0.3, -0.25) is 4.79 Å². The van der Waals surface area contributed by atoms with Crippen LogP contribution in [0.5, 0.6) is 5.75 Å². The zero-order valence-electron chi connectivity index (χ0n) is 16.6. The summed E-state index contributed by atoms with van der Waals surface area (Å²) in [5.41, 5.74) is 0.689. The van der Waals surface area contributed by atoms with Crippen LogP contribution in [-0.2, 0) is 20.5 Å². The fourth-order valence-electron chi connectivity index (χ4n) is 2.69. The minimum absolute atomic E-state index is 0.0627. The molecule has 27 heavy (non-hydrogen) atoms. The van der Waals surface area contributed by atoms with E-state index in [9.17, 15) is 9.18 Å². The molecule has 2 aromatic rings. The number of hydrogen-bond donors (Lipinski definition) is 1. The molecule has 2 aromatic carbocycles. The summed E-state index contributed by atoms with van der Waals surface area (Å²) in [7, 11) is 1.49. The Kier molecular flexibility index (Phi) is 6.60. The number of ether oxygens (including phenoxy) is 2. The monoisotopic (exact) mass is 373 g/mol. The van der Waals surface area contributed by atoms with Gasteiger partial charge in [0.15, 0.2) is 6.61 Å². The number of benzene rings is 2. The molecule has 2 rings (SSSR count). The molecule has 0 saturated carbocycles. The summed E-state index contributed by atoms with van der Waals surface area (Å²) in [6.07, 6.45) is 0. The summed E-state index contributed by atoms with van der Waals surface area (Å²) in [6, 6.07) is 14.1. The Morgan fingerprint density at radius 1 is 1.04 bits per heavy atom. The minimum Gasteiger partial charge on any atom is -0.484 e. The molecule has 0 aliphatic heterocycles. The summed E-state index contributed by atoms with van der Waals surface area (Å²) in [4.78, 5) is 12.1. The van der Waals surface area contributed by atoms with Crippen LogP contribution in [0.25, 0.3) is 0 Å². The third-order valence-corrected chi connectivity index (χ3v) is 4.61. The van der Waals surface area contributed by atoms with E-state index in [0.717, 1.165) is 0 Å². The lowest BCUT2D eigenvalue weighted by Crippen LogP contribution is -2.42. The molecule has 0 aromatic heterocycles. The number of nitrogens with one attached hydrogen (secondary N) is 1. The minimum atomic E-state index is -0.963. The van der Waals surface area contributed by atoms with Crippen LogP contribution in [-0.4, -0.2) is 26.2 Å². The summed E-state index contributed by atoms with van der Waals surface area (Å²) < 4.78 is 25.1. The summed E-state index contributed by atoms with van der Waals surface area (Å²) in [5, 5.41) is 2.75. The molecule has 1 amide bonds. The topological polar surface area (TPSA) is 47.6 Å². The smallest absolute Gasteiger partial charge is 0.258 e. The van der Waals surface area contributed by atoms with Crippen molar-refractivity contribution in [1.29, 1.82) is 0 Å². The summed E-state index contributed by atoms with van der Waals surface area (Å²) >= 11 is 0. The molecule has 0 bridgehead atoms. The van der Waals surface area contributed by atoms with Gasteiger partial charge in [0, 0.05) is 12.7 Å². The van der Waals surface area contributed by atoms with Gasteiger partial charge in [-0.15, -0.1) is 0 Å². The van der Waals surface area contributed by atoms with Gasteiger partial charge >= 0.3 is 0 Å². The van der Waals surface area contributed by atoms with Crippen LogP contribution in [0.15, 0.2) is 48.5 Å². The number of hydrogen-bond acceptors (Lipinski definition) is 3. The van der Waals surface area contributed by atoms with Crippen LogP contribution < -0.4 is 10.1 Å². The van der Waals surface area contributed by atoms with Crippen LogP contribution in [0.4, 0.5) is 4.39 Å². The number of amides is 1. The van der Waals surface area contributed by atoms with Crippen molar-refractivity contribution in [3.05, 3.63) is 65.5 Å². The van der Waals surface area contributed by atoms with Gasteiger partial charge in [-0.05, 0) is 36.1 Å². The molecule has 1 unspecified atom stereocenters. The van der Waals surface area contributed by atoms with E-state index in [0.29, 0.717) is 11.3 Å². The van der Waals surface area contributed by atoms with Crippen LogP contribution in [0, 0.1) is 5.82 Å². The molecule has 0 fully saturated rings. The van der Waals surface area contributed by atoms with Crippen LogP contribution in [0.1, 0.15) is 38.8 Å². The van der Waals surface area contributed by atoms with Crippen molar-refractivity contribution < 1.29 is 18.7 Å². The van der Waals surface area contributed by atoms with Crippen LogP contribution >= 0.6 is 0 Å². The van der Waals surface area contributed by atoms with Gasteiger partial charge in [0.2, 0.25) is 0 Å². The highest BCUT2D eigenvalue weighted by Gasteiger charge is 2.29. The largest absolute Gasteiger partial charge is 0.484 e. The van der Waals surface area contributed by atoms with Gasteiger partial charge in [-0.2, -0.15) is 0 Å². The van der Waals surface area contributed by atoms with Gasteiger partial charge in [0.25, 0.3) is 5.91 Å². The first kappa shape index (κ1) is 20.9. The standard InChI is InChI=1S/C22H28FNO3/c1-21(2,3)16-10-12-17(13-11-16)27-14-20(25)24-15-22(4,26-5)18-8-6-7-9-19(18)23/h6-13H,14-15H2,1-5H3,(H,24,25). The Morgan fingerprint density at radius 2 is 1.67 bits per heavy atom. The lowest BCUT2D eigenvalue weighted by molar-refractivity contribution is -0.124. The van der Waals surface area contributed by atoms with Crippen LogP contribution in [0.3, 0.4) is 0 Å². The Bertz CT molecular complexity index is 768.